The molecular weight excluding hydrogens is 242 g/mol. The van der Waals surface area contributed by atoms with Crippen LogP contribution in [0.3, 0.4) is 0 Å². The Morgan fingerprint density at radius 1 is 1.50 bits per heavy atom. The van der Waals surface area contributed by atoms with E-state index in [1.54, 1.807) is 12.3 Å². The zero-order chi connectivity index (χ0) is 11.5. The average molecular weight is 251 g/mol. The molecule has 5 nitrogen and oxygen atoms in total. The van der Waals surface area contributed by atoms with Crippen molar-refractivity contribution < 1.29 is 0 Å². The summed E-state index contributed by atoms with van der Waals surface area (Å²) in [6.07, 6.45) is 1.58. The molecule has 0 amide bonds. The lowest BCUT2D eigenvalue weighted by Crippen LogP contribution is -2.10. The van der Waals surface area contributed by atoms with E-state index in [9.17, 15) is 0 Å². The number of nitrogens with zero attached hydrogens (tertiary/aromatic N) is 3. The number of nitrogen functional groups attached to an aromatic ring is 1. The molecule has 0 spiro atoms. The van der Waals surface area contributed by atoms with Crippen LogP contribution < -0.4 is 5.73 Å². The van der Waals surface area contributed by atoms with E-state index < -0.39 is 0 Å². The molecule has 2 aromatic heterocycles. The van der Waals surface area contributed by atoms with Gasteiger partial charge in [-0.2, -0.15) is 4.37 Å². The molecule has 0 atom stereocenters. The summed E-state index contributed by atoms with van der Waals surface area (Å²) in [5, 5.41) is 8.06. The first-order valence-electron chi connectivity index (χ1n) is 4.44. The van der Waals surface area contributed by atoms with E-state index in [0.29, 0.717) is 5.56 Å². The summed E-state index contributed by atoms with van der Waals surface area (Å²) in [6, 6.07) is 3.59. The van der Waals surface area contributed by atoms with Gasteiger partial charge in [-0.15, -0.1) is 0 Å². The van der Waals surface area contributed by atoms with Crippen LogP contribution in [0.5, 0.6) is 0 Å². The van der Waals surface area contributed by atoms with Gasteiger partial charge in [-0.05, 0) is 42.4 Å². The zero-order valence-electron chi connectivity index (χ0n) is 8.47. The lowest BCUT2D eigenvalue weighted by atomic mass is 10.3. The predicted octanol–water partition coefficient (Wildman–Crippen LogP) is 1.68. The first-order valence-corrected chi connectivity index (χ1v) is 6.03. The van der Waals surface area contributed by atoms with Crippen molar-refractivity contribution in [2.24, 2.45) is 5.73 Å². The van der Waals surface area contributed by atoms with Gasteiger partial charge in [0.05, 0.1) is 0 Å². The van der Waals surface area contributed by atoms with Gasteiger partial charge in [0.1, 0.15) is 16.7 Å². The Bertz CT molecular complexity index is 505. The predicted molar refractivity (Wildman–Crippen MR) is 64.0 cm³/mol. The van der Waals surface area contributed by atoms with Crippen molar-refractivity contribution in [2.45, 2.75) is 16.3 Å². The molecule has 0 aromatic carbocycles. The lowest BCUT2D eigenvalue weighted by Gasteiger charge is -1.99. The molecule has 0 aliphatic heterocycles. The molecule has 0 aliphatic carbocycles. The number of pyridine rings is 1. The Labute approximate surface area is 101 Å². The summed E-state index contributed by atoms with van der Waals surface area (Å²) in [6.45, 7) is 1.85. The maximum Gasteiger partial charge on any atom is 0.176 e. The van der Waals surface area contributed by atoms with Crippen molar-refractivity contribution in [1.82, 2.24) is 14.3 Å². The summed E-state index contributed by atoms with van der Waals surface area (Å²) in [4.78, 5) is 8.41. The molecule has 3 N–H and O–H groups in total. The fourth-order valence-corrected chi connectivity index (χ4v) is 2.55. The van der Waals surface area contributed by atoms with Crippen molar-refractivity contribution in [3.63, 3.8) is 0 Å². The second kappa shape index (κ2) is 4.58. The monoisotopic (exact) mass is 251 g/mol. The summed E-state index contributed by atoms with van der Waals surface area (Å²) >= 11 is 2.80. The van der Waals surface area contributed by atoms with E-state index in [4.69, 9.17) is 11.1 Å². The van der Waals surface area contributed by atoms with Crippen LogP contribution in [0.4, 0.5) is 0 Å². The molecule has 0 unspecified atom stereocenters. The summed E-state index contributed by atoms with van der Waals surface area (Å²) < 4.78 is 4.95. The Balaban J connectivity index is 2.14. The first kappa shape index (κ1) is 11.0. The van der Waals surface area contributed by atoms with Crippen molar-refractivity contribution in [3.8, 4) is 0 Å². The Morgan fingerprint density at radius 3 is 2.81 bits per heavy atom. The summed E-state index contributed by atoms with van der Waals surface area (Å²) in [5.74, 6) is 0.795. The molecule has 0 radical (unpaired) electrons. The van der Waals surface area contributed by atoms with Crippen molar-refractivity contribution in [1.29, 1.82) is 5.41 Å². The fraction of sp³-hybridized carbons (Fsp3) is 0.111. The van der Waals surface area contributed by atoms with Crippen molar-refractivity contribution in [2.75, 3.05) is 0 Å². The minimum absolute atomic E-state index is 0.0239. The molecule has 7 heteroatoms. The van der Waals surface area contributed by atoms with E-state index in [-0.39, 0.29) is 5.84 Å². The number of nitrogens with one attached hydrogen (secondary N) is 1. The maximum absolute atomic E-state index is 7.24. The molecule has 0 fully saturated rings. The largest absolute Gasteiger partial charge is 0.384 e. The van der Waals surface area contributed by atoms with Gasteiger partial charge in [0.25, 0.3) is 0 Å². The Morgan fingerprint density at radius 2 is 2.31 bits per heavy atom. The van der Waals surface area contributed by atoms with Gasteiger partial charge >= 0.3 is 0 Å². The average Bonchev–Trinajstić information content (AvgIpc) is 2.65. The highest BCUT2D eigenvalue weighted by Crippen LogP contribution is 2.26. The van der Waals surface area contributed by atoms with Gasteiger partial charge in [0, 0.05) is 11.8 Å². The van der Waals surface area contributed by atoms with Crippen LogP contribution in [0.15, 0.2) is 27.7 Å². The lowest BCUT2D eigenvalue weighted by molar-refractivity contribution is 1.08. The SMILES string of the molecule is Cc1nsc(Sc2ccc(C(=N)N)cn2)n1. The van der Waals surface area contributed by atoms with Crippen LogP contribution in [0, 0.1) is 12.3 Å². The summed E-state index contributed by atoms with van der Waals surface area (Å²) in [5.41, 5.74) is 5.96. The standard InChI is InChI=1S/C9H9N5S2/c1-5-13-9(16-14-5)15-7-3-2-6(4-12-7)8(10)11/h2-4H,1H3,(H3,10,11). The highest BCUT2D eigenvalue weighted by Gasteiger charge is 2.04. The molecule has 2 heterocycles. The minimum atomic E-state index is 0.0239. The number of aromatic nitrogens is 3. The van der Waals surface area contributed by atoms with Crippen LogP contribution in [0.25, 0.3) is 0 Å². The number of amidine groups is 1. The number of aryl methyl sites for hydroxylation is 1. The minimum Gasteiger partial charge on any atom is -0.384 e. The molecule has 16 heavy (non-hydrogen) atoms. The van der Waals surface area contributed by atoms with Crippen molar-refractivity contribution >= 4 is 29.1 Å². The van der Waals surface area contributed by atoms with Gasteiger partial charge in [-0.3, -0.25) is 5.41 Å². The van der Waals surface area contributed by atoms with Crippen molar-refractivity contribution in [3.05, 3.63) is 29.7 Å². The van der Waals surface area contributed by atoms with E-state index in [0.717, 1.165) is 15.2 Å². The normalized spacial score (nSPS) is 10.3. The maximum atomic E-state index is 7.24. The molecule has 2 aromatic rings. The number of hydrogen-bond acceptors (Lipinski definition) is 6. The first-order chi connectivity index (χ1) is 7.65. The van der Waals surface area contributed by atoms with Crippen LogP contribution in [-0.4, -0.2) is 20.2 Å². The van der Waals surface area contributed by atoms with E-state index in [1.165, 1.54) is 23.3 Å². The molecule has 0 bridgehead atoms. The quantitative estimate of drug-likeness (QED) is 0.640. The van der Waals surface area contributed by atoms with E-state index >= 15 is 0 Å². The van der Waals surface area contributed by atoms with Gasteiger partial charge in [-0.1, -0.05) is 0 Å². The number of rotatable bonds is 3. The molecule has 0 saturated heterocycles. The highest BCUT2D eigenvalue weighted by molar-refractivity contribution is 8.00. The van der Waals surface area contributed by atoms with E-state index in [2.05, 4.69) is 14.3 Å². The number of nitrogens with two attached hydrogens (primary N) is 1. The molecule has 0 saturated carbocycles. The molecule has 2 rings (SSSR count). The van der Waals surface area contributed by atoms with Crippen LogP contribution in [0.1, 0.15) is 11.4 Å². The third kappa shape index (κ3) is 2.56. The van der Waals surface area contributed by atoms with Gasteiger partial charge in [-0.25, -0.2) is 9.97 Å². The third-order valence-electron chi connectivity index (χ3n) is 1.75. The smallest absolute Gasteiger partial charge is 0.176 e. The summed E-state index contributed by atoms with van der Waals surface area (Å²) in [7, 11) is 0. The molecule has 0 aliphatic rings. The Hall–Kier alpha value is -1.47. The van der Waals surface area contributed by atoms with E-state index in [1.807, 2.05) is 13.0 Å². The molecule has 82 valence electrons. The third-order valence-corrected chi connectivity index (χ3v) is 3.54. The topological polar surface area (TPSA) is 88.5 Å². The Kier molecular flexibility index (Phi) is 3.16. The van der Waals surface area contributed by atoms with Gasteiger partial charge < -0.3 is 5.73 Å². The second-order valence-corrected chi connectivity index (χ2v) is 5.03. The zero-order valence-corrected chi connectivity index (χ0v) is 10.1. The van der Waals surface area contributed by atoms with Gasteiger partial charge in [0.2, 0.25) is 0 Å². The molecular formula is C9H9N5S2. The number of hydrogen-bond donors (Lipinski definition) is 2. The van der Waals surface area contributed by atoms with Crippen LogP contribution in [-0.2, 0) is 0 Å². The van der Waals surface area contributed by atoms with Crippen LogP contribution in [0.2, 0.25) is 0 Å². The highest BCUT2D eigenvalue weighted by atomic mass is 32.2. The van der Waals surface area contributed by atoms with Crippen LogP contribution >= 0.6 is 23.3 Å². The fourth-order valence-electron chi connectivity index (χ4n) is 1.01. The second-order valence-electron chi connectivity index (χ2n) is 3.01. The van der Waals surface area contributed by atoms with Gasteiger partial charge in [0.15, 0.2) is 4.34 Å².